The van der Waals surface area contributed by atoms with Crippen molar-refractivity contribution in [2.75, 3.05) is 11.6 Å². The van der Waals surface area contributed by atoms with Crippen molar-refractivity contribution in [1.29, 1.82) is 0 Å². The van der Waals surface area contributed by atoms with E-state index in [0.717, 1.165) is 44.3 Å². The molecule has 0 radical (unpaired) electrons. The van der Waals surface area contributed by atoms with E-state index in [1.165, 1.54) is 0 Å². The molecule has 0 aliphatic carbocycles. The number of thioether (sulfide) groups is 1. The van der Waals surface area contributed by atoms with Gasteiger partial charge in [-0.05, 0) is 67.6 Å². The van der Waals surface area contributed by atoms with Crippen LogP contribution in [0.2, 0.25) is 0 Å². The number of fused-ring (bicyclic) bond motifs is 1. The van der Waals surface area contributed by atoms with Crippen molar-refractivity contribution in [3.63, 3.8) is 0 Å². The average Bonchev–Trinajstić information content (AvgIpc) is 3.11. The predicted octanol–water partition coefficient (Wildman–Crippen LogP) is 5.59. The fourth-order valence-corrected chi connectivity index (χ4v) is 3.92. The summed E-state index contributed by atoms with van der Waals surface area (Å²) in [6.45, 7) is 4.51. The minimum atomic E-state index is -0.102. The second kappa shape index (κ2) is 9.27. The van der Waals surface area contributed by atoms with Gasteiger partial charge >= 0.3 is 0 Å². The lowest BCUT2D eigenvalue weighted by Crippen LogP contribution is -2.20. The number of nitrogens with zero attached hydrogens (tertiary/aromatic N) is 2. The van der Waals surface area contributed by atoms with Crippen molar-refractivity contribution in [3.8, 4) is 5.75 Å². The number of carbonyl (C=O) groups is 1. The molecule has 0 saturated heterocycles. The molecule has 0 unspecified atom stereocenters. The molecule has 158 valence electrons. The molecule has 1 amide bonds. The predicted molar refractivity (Wildman–Crippen MR) is 127 cm³/mol. The zero-order chi connectivity index (χ0) is 21.8. The van der Waals surface area contributed by atoms with Crippen LogP contribution < -0.4 is 10.1 Å². The molecule has 0 aliphatic rings. The minimum absolute atomic E-state index is 0.102. The molecule has 0 saturated carbocycles. The summed E-state index contributed by atoms with van der Waals surface area (Å²) in [5.41, 5.74) is 4.75. The summed E-state index contributed by atoms with van der Waals surface area (Å²) in [6.07, 6.45) is 2.01. The van der Waals surface area contributed by atoms with Crippen LogP contribution in [0.1, 0.15) is 17.0 Å². The van der Waals surface area contributed by atoms with Crippen LogP contribution in [-0.2, 0) is 17.9 Å². The summed E-state index contributed by atoms with van der Waals surface area (Å²) in [4.78, 5) is 18.7. The Bertz CT molecular complexity index is 1230. The molecule has 1 aromatic heterocycles. The molecular formula is C25H25N3O2S. The van der Waals surface area contributed by atoms with E-state index in [1.807, 2.05) is 85.3 Å². The van der Waals surface area contributed by atoms with E-state index in [4.69, 9.17) is 9.72 Å². The van der Waals surface area contributed by atoms with Gasteiger partial charge < -0.3 is 14.6 Å². The Morgan fingerprint density at radius 2 is 1.90 bits per heavy atom. The number of imidazole rings is 1. The van der Waals surface area contributed by atoms with E-state index < -0.39 is 0 Å². The number of rotatable bonds is 7. The maximum absolute atomic E-state index is 12.8. The third-order valence-corrected chi connectivity index (χ3v) is 5.81. The van der Waals surface area contributed by atoms with Gasteiger partial charge in [0.2, 0.25) is 5.91 Å². The summed E-state index contributed by atoms with van der Waals surface area (Å²) >= 11 is 1.64. The zero-order valence-electron chi connectivity index (χ0n) is 17.9. The summed E-state index contributed by atoms with van der Waals surface area (Å²) < 4.78 is 8.01. The molecule has 0 spiro atoms. The second-order valence-corrected chi connectivity index (χ2v) is 8.32. The lowest BCUT2D eigenvalue weighted by molar-refractivity contribution is -0.116. The number of ether oxygens (including phenoxy) is 1. The second-order valence-electron chi connectivity index (χ2n) is 7.44. The molecule has 0 atom stereocenters. The van der Waals surface area contributed by atoms with Crippen molar-refractivity contribution < 1.29 is 9.53 Å². The van der Waals surface area contributed by atoms with Gasteiger partial charge in [-0.25, -0.2) is 4.98 Å². The number of hydrogen-bond acceptors (Lipinski definition) is 4. The van der Waals surface area contributed by atoms with E-state index in [9.17, 15) is 4.79 Å². The minimum Gasteiger partial charge on any atom is -0.485 e. The molecule has 31 heavy (non-hydrogen) atoms. The van der Waals surface area contributed by atoms with Crippen LogP contribution in [0.25, 0.3) is 11.0 Å². The Morgan fingerprint density at radius 3 is 2.74 bits per heavy atom. The average molecular weight is 432 g/mol. The Morgan fingerprint density at radius 1 is 1.06 bits per heavy atom. The van der Waals surface area contributed by atoms with E-state index in [1.54, 1.807) is 11.8 Å². The summed E-state index contributed by atoms with van der Waals surface area (Å²) in [5, 5.41) is 3.00. The molecule has 1 heterocycles. The molecular weight excluding hydrogens is 406 g/mol. The zero-order valence-corrected chi connectivity index (χ0v) is 18.7. The van der Waals surface area contributed by atoms with Gasteiger partial charge in [0.25, 0.3) is 0 Å². The monoisotopic (exact) mass is 431 g/mol. The van der Waals surface area contributed by atoms with E-state index >= 15 is 0 Å². The smallest absolute Gasteiger partial charge is 0.244 e. The molecule has 6 heteroatoms. The van der Waals surface area contributed by atoms with Crippen molar-refractivity contribution in [1.82, 2.24) is 9.55 Å². The number of aryl methyl sites for hydroxylation is 2. The van der Waals surface area contributed by atoms with Crippen LogP contribution in [-0.4, -0.2) is 21.7 Å². The number of hydrogen-bond donors (Lipinski definition) is 1. The third-order valence-electron chi connectivity index (χ3n) is 5.09. The number of anilines is 1. The number of nitrogens with one attached hydrogen (secondary N) is 1. The first kappa shape index (κ1) is 21.0. The Labute approximate surface area is 186 Å². The number of amides is 1. The van der Waals surface area contributed by atoms with Gasteiger partial charge in [0.05, 0.1) is 11.0 Å². The number of benzene rings is 3. The highest BCUT2D eigenvalue weighted by atomic mass is 32.2. The first-order valence-electron chi connectivity index (χ1n) is 10.1. The van der Waals surface area contributed by atoms with E-state index in [2.05, 4.69) is 11.4 Å². The Kier molecular flexibility index (Phi) is 6.28. The van der Waals surface area contributed by atoms with Crippen molar-refractivity contribution >= 4 is 34.4 Å². The molecule has 1 N–H and O–H groups in total. The first-order chi connectivity index (χ1) is 15.0. The first-order valence-corrected chi connectivity index (χ1v) is 11.3. The maximum Gasteiger partial charge on any atom is 0.244 e. The topological polar surface area (TPSA) is 56.2 Å². The van der Waals surface area contributed by atoms with Crippen LogP contribution in [0.15, 0.2) is 71.6 Å². The van der Waals surface area contributed by atoms with Gasteiger partial charge in [0.1, 0.15) is 24.7 Å². The van der Waals surface area contributed by atoms with Crippen LogP contribution >= 0.6 is 11.8 Å². The molecule has 0 bridgehead atoms. The van der Waals surface area contributed by atoms with Crippen LogP contribution in [0.3, 0.4) is 0 Å². The molecule has 0 fully saturated rings. The van der Waals surface area contributed by atoms with Crippen molar-refractivity contribution in [2.24, 2.45) is 0 Å². The van der Waals surface area contributed by atoms with Gasteiger partial charge in [-0.1, -0.05) is 30.3 Å². The third kappa shape index (κ3) is 4.91. The lowest BCUT2D eigenvalue weighted by atomic mass is 10.1. The fourth-order valence-electron chi connectivity index (χ4n) is 3.46. The summed E-state index contributed by atoms with van der Waals surface area (Å²) in [7, 11) is 0. The SMILES string of the molecule is CSc1cccc(NC(=O)Cn2c(COc3cc(C)ccc3C)nc3ccccc32)c1. The normalized spacial score (nSPS) is 10.9. The number of aromatic nitrogens is 2. The largest absolute Gasteiger partial charge is 0.485 e. The van der Waals surface area contributed by atoms with Gasteiger partial charge in [0, 0.05) is 10.6 Å². The highest BCUT2D eigenvalue weighted by Crippen LogP contribution is 2.23. The summed E-state index contributed by atoms with van der Waals surface area (Å²) in [5.74, 6) is 1.45. The van der Waals surface area contributed by atoms with Gasteiger partial charge in [0.15, 0.2) is 0 Å². The number of carbonyl (C=O) groups excluding carboxylic acids is 1. The van der Waals surface area contributed by atoms with Crippen molar-refractivity contribution in [2.45, 2.75) is 31.9 Å². The molecule has 4 aromatic rings. The highest BCUT2D eigenvalue weighted by molar-refractivity contribution is 7.98. The molecule has 5 nitrogen and oxygen atoms in total. The van der Waals surface area contributed by atoms with Crippen LogP contribution in [0, 0.1) is 13.8 Å². The van der Waals surface area contributed by atoms with E-state index in [0.29, 0.717) is 0 Å². The standard InChI is InChI=1S/C25H25N3O2S/c1-17-11-12-18(2)23(13-17)30-16-24-27-21-9-4-5-10-22(21)28(24)15-25(29)26-19-7-6-8-20(14-19)31-3/h4-14H,15-16H2,1-3H3,(H,26,29). The van der Waals surface area contributed by atoms with Crippen molar-refractivity contribution in [3.05, 3.63) is 83.7 Å². The van der Waals surface area contributed by atoms with Gasteiger partial charge in [-0.2, -0.15) is 0 Å². The Hall–Kier alpha value is -3.25. The maximum atomic E-state index is 12.8. The van der Waals surface area contributed by atoms with Gasteiger partial charge in [-0.15, -0.1) is 11.8 Å². The Balaban J connectivity index is 1.57. The number of para-hydroxylation sites is 2. The highest BCUT2D eigenvalue weighted by Gasteiger charge is 2.15. The lowest BCUT2D eigenvalue weighted by Gasteiger charge is -2.13. The fraction of sp³-hybridized carbons (Fsp3) is 0.200. The van der Waals surface area contributed by atoms with Crippen LogP contribution in [0.5, 0.6) is 5.75 Å². The molecule has 3 aromatic carbocycles. The van der Waals surface area contributed by atoms with E-state index in [-0.39, 0.29) is 19.1 Å². The summed E-state index contributed by atoms with van der Waals surface area (Å²) in [6, 6.07) is 21.8. The quantitative estimate of drug-likeness (QED) is 0.387. The molecule has 0 aliphatic heterocycles. The molecule has 4 rings (SSSR count). The van der Waals surface area contributed by atoms with Gasteiger partial charge in [-0.3, -0.25) is 4.79 Å². The van der Waals surface area contributed by atoms with Crippen LogP contribution in [0.4, 0.5) is 5.69 Å².